The molecule has 0 aliphatic heterocycles. The normalized spacial score (nSPS) is 14.0. The first-order chi connectivity index (χ1) is 9.53. The molecule has 0 saturated carbocycles. The lowest BCUT2D eigenvalue weighted by Crippen LogP contribution is -2.28. The van der Waals surface area contributed by atoms with Crippen LogP contribution in [0.15, 0.2) is 53.0 Å². The van der Waals surface area contributed by atoms with Crippen molar-refractivity contribution in [1.82, 2.24) is 0 Å². The number of aliphatic hydroxyl groups is 1. The topological polar surface area (TPSA) is 20.2 Å². The van der Waals surface area contributed by atoms with Crippen LogP contribution < -0.4 is 0 Å². The molecule has 1 atom stereocenters. The Morgan fingerprint density at radius 2 is 1.85 bits per heavy atom. The number of benzene rings is 2. The third kappa shape index (κ3) is 3.68. The molecule has 2 rings (SSSR count). The summed E-state index contributed by atoms with van der Waals surface area (Å²) in [6, 6.07) is 14.4. The third-order valence-corrected chi connectivity index (χ3v) is 3.85. The van der Waals surface area contributed by atoms with Crippen LogP contribution in [0.3, 0.4) is 0 Å². The predicted molar refractivity (Wildman–Crippen MR) is 83.1 cm³/mol. The number of halogens is 2. The Morgan fingerprint density at radius 3 is 2.45 bits per heavy atom. The van der Waals surface area contributed by atoms with Gasteiger partial charge in [-0.25, -0.2) is 4.39 Å². The molecule has 0 aliphatic carbocycles. The summed E-state index contributed by atoms with van der Waals surface area (Å²) >= 11 is 3.29. The maximum atomic E-state index is 13.5. The molecule has 0 fully saturated rings. The summed E-state index contributed by atoms with van der Waals surface area (Å²) in [6.45, 7) is 2.04. The van der Waals surface area contributed by atoms with Gasteiger partial charge in [0.15, 0.2) is 0 Å². The molecule has 0 saturated heterocycles. The van der Waals surface area contributed by atoms with E-state index < -0.39 is 5.60 Å². The molecule has 0 spiro atoms. The summed E-state index contributed by atoms with van der Waals surface area (Å²) in [4.78, 5) is 0. The van der Waals surface area contributed by atoms with Crippen molar-refractivity contribution in [2.75, 3.05) is 0 Å². The number of rotatable bonds is 5. The van der Waals surface area contributed by atoms with Gasteiger partial charge in [0.05, 0.1) is 5.60 Å². The van der Waals surface area contributed by atoms with Crippen molar-refractivity contribution in [1.29, 1.82) is 0 Å². The van der Waals surface area contributed by atoms with Crippen LogP contribution in [-0.2, 0) is 12.0 Å². The monoisotopic (exact) mass is 336 g/mol. The van der Waals surface area contributed by atoms with Crippen LogP contribution in [0.4, 0.5) is 4.39 Å². The Bertz CT molecular complexity index is 550. The van der Waals surface area contributed by atoms with Gasteiger partial charge in [-0.05, 0) is 35.7 Å². The van der Waals surface area contributed by atoms with E-state index in [9.17, 15) is 9.50 Å². The largest absolute Gasteiger partial charge is 0.385 e. The van der Waals surface area contributed by atoms with Crippen LogP contribution in [0.1, 0.15) is 30.9 Å². The zero-order valence-electron chi connectivity index (χ0n) is 11.4. The van der Waals surface area contributed by atoms with E-state index in [1.165, 1.54) is 12.1 Å². The molecular formula is C17H18BrFO. The van der Waals surface area contributed by atoms with Crippen LogP contribution in [-0.4, -0.2) is 5.11 Å². The van der Waals surface area contributed by atoms with Crippen molar-refractivity contribution in [2.24, 2.45) is 0 Å². The molecule has 1 N–H and O–H groups in total. The minimum atomic E-state index is -0.955. The zero-order valence-corrected chi connectivity index (χ0v) is 13.0. The number of hydrogen-bond acceptors (Lipinski definition) is 1. The van der Waals surface area contributed by atoms with Gasteiger partial charge in [-0.2, -0.15) is 0 Å². The summed E-state index contributed by atoms with van der Waals surface area (Å²) in [7, 11) is 0. The van der Waals surface area contributed by atoms with Crippen molar-refractivity contribution in [3.8, 4) is 0 Å². The van der Waals surface area contributed by atoms with Gasteiger partial charge in [0.1, 0.15) is 5.82 Å². The van der Waals surface area contributed by atoms with Gasteiger partial charge < -0.3 is 5.11 Å². The Morgan fingerprint density at radius 1 is 1.15 bits per heavy atom. The molecule has 0 radical (unpaired) electrons. The predicted octanol–water partition coefficient (Wildman–Crippen LogP) is 4.82. The summed E-state index contributed by atoms with van der Waals surface area (Å²) in [5.74, 6) is -0.290. The minimum Gasteiger partial charge on any atom is -0.385 e. The fourth-order valence-corrected chi connectivity index (χ4v) is 3.06. The first kappa shape index (κ1) is 15.2. The second-order valence-corrected chi connectivity index (χ2v) is 6.02. The molecule has 106 valence electrons. The highest BCUT2D eigenvalue weighted by Crippen LogP contribution is 2.31. The molecule has 3 heteroatoms. The van der Waals surface area contributed by atoms with Gasteiger partial charge in [-0.1, -0.05) is 59.6 Å². The van der Waals surface area contributed by atoms with E-state index in [-0.39, 0.29) is 5.82 Å². The van der Waals surface area contributed by atoms with Gasteiger partial charge in [0.25, 0.3) is 0 Å². The van der Waals surface area contributed by atoms with E-state index in [1.807, 2.05) is 43.3 Å². The van der Waals surface area contributed by atoms with Crippen molar-refractivity contribution >= 4 is 15.9 Å². The minimum absolute atomic E-state index is 0.290. The molecule has 1 unspecified atom stereocenters. The molecule has 0 amide bonds. The average molecular weight is 337 g/mol. The van der Waals surface area contributed by atoms with Crippen LogP contribution in [0.5, 0.6) is 0 Å². The summed E-state index contributed by atoms with van der Waals surface area (Å²) in [5.41, 5.74) is 0.711. The zero-order chi connectivity index (χ0) is 14.6. The molecule has 0 aromatic heterocycles. The summed E-state index contributed by atoms with van der Waals surface area (Å²) in [5, 5.41) is 11.0. The van der Waals surface area contributed by atoms with Crippen LogP contribution in [0.25, 0.3) is 0 Å². The van der Waals surface area contributed by atoms with E-state index in [0.29, 0.717) is 17.3 Å². The lowest BCUT2D eigenvalue weighted by Gasteiger charge is -2.29. The molecule has 1 nitrogen and oxygen atoms in total. The van der Waals surface area contributed by atoms with E-state index in [1.54, 1.807) is 0 Å². The van der Waals surface area contributed by atoms with E-state index in [4.69, 9.17) is 0 Å². The lowest BCUT2D eigenvalue weighted by molar-refractivity contribution is 0.0268. The lowest BCUT2D eigenvalue weighted by atomic mass is 9.84. The fourth-order valence-electron chi connectivity index (χ4n) is 2.55. The smallest absolute Gasteiger partial charge is 0.124 e. The molecule has 0 aliphatic rings. The van der Waals surface area contributed by atoms with Crippen molar-refractivity contribution in [3.63, 3.8) is 0 Å². The van der Waals surface area contributed by atoms with Crippen LogP contribution in [0.2, 0.25) is 0 Å². The van der Waals surface area contributed by atoms with Crippen LogP contribution in [0, 0.1) is 5.82 Å². The van der Waals surface area contributed by atoms with Gasteiger partial charge >= 0.3 is 0 Å². The van der Waals surface area contributed by atoms with E-state index in [0.717, 1.165) is 17.5 Å². The highest BCUT2D eigenvalue weighted by atomic mass is 79.9. The summed E-state index contributed by atoms with van der Waals surface area (Å²) < 4.78 is 14.2. The fraction of sp³-hybridized carbons (Fsp3) is 0.294. The van der Waals surface area contributed by atoms with Crippen molar-refractivity contribution < 1.29 is 9.50 Å². The van der Waals surface area contributed by atoms with Gasteiger partial charge in [-0.3, -0.25) is 0 Å². The number of hydrogen-bond donors (Lipinski definition) is 1. The molecule has 2 aromatic carbocycles. The second kappa shape index (κ2) is 6.51. The van der Waals surface area contributed by atoms with Crippen LogP contribution >= 0.6 is 15.9 Å². The highest BCUT2D eigenvalue weighted by Gasteiger charge is 2.28. The maximum Gasteiger partial charge on any atom is 0.124 e. The SMILES string of the molecule is CCCC(O)(Cc1cc(F)cc(Br)c1)c1ccccc1. The summed E-state index contributed by atoms with van der Waals surface area (Å²) in [6.07, 6.45) is 1.91. The Kier molecular flexibility index (Phi) is 4.95. The van der Waals surface area contributed by atoms with Crippen molar-refractivity contribution in [3.05, 3.63) is 69.9 Å². The molecular weight excluding hydrogens is 319 g/mol. The second-order valence-electron chi connectivity index (χ2n) is 5.10. The molecule has 2 aromatic rings. The first-order valence-electron chi connectivity index (χ1n) is 6.76. The van der Waals surface area contributed by atoms with Gasteiger partial charge in [0.2, 0.25) is 0 Å². The highest BCUT2D eigenvalue weighted by molar-refractivity contribution is 9.10. The molecule has 0 heterocycles. The standard InChI is InChI=1S/C17H18BrFO/c1-2-8-17(20,14-6-4-3-5-7-14)12-13-9-15(18)11-16(19)10-13/h3-7,9-11,20H,2,8,12H2,1H3. The Hall–Kier alpha value is -1.19. The third-order valence-electron chi connectivity index (χ3n) is 3.39. The average Bonchev–Trinajstić information content (AvgIpc) is 2.38. The maximum absolute atomic E-state index is 13.5. The molecule has 20 heavy (non-hydrogen) atoms. The van der Waals surface area contributed by atoms with E-state index in [2.05, 4.69) is 15.9 Å². The first-order valence-corrected chi connectivity index (χ1v) is 7.56. The molecule has 0 bridgehead atoms. The van der Waals surface area contributed by atoms with E-state index >= 15 is 0 Å². The Labute approximate surface area is 127 Å². The van der Waals surface area contributed by atoms with Crippen molar-refractivity contribution in [2.45, 2.75) is 31.8 Å². The van der Waals surface area contributed by atoms with Gasteiger partial charge in [0, 0.05) is 10.9 Å². The quantitative estimate of drug-likeness (QED) is 0.829. The van der Waals surface area contributed by atoms with Gasteiger partial charge in [-0.15, -0.1) is 0 Å². The Balaban J connectivity index is 2.34.